The molecule has 19 heavy (non-hydrogen) atoms. The first-order chi connectivity index (χ1) is 9.33. The van der Waals surface area contributed by atoms with Gasteiger partial charge in [-0.1, -0.05) is 26.0 Å². The molecule has 1 fully saturated rings. The summed E-state index contributed by atoms with van der Waals surface area (Å²) in [5.74, 6) is 0.949. The molecule has 3 nitrogen and oxygen atoms in total. The van der Waals surface area contributed by atoms with Gasteiger partial charge >= 0.3 is 0 Å². The lowest BCUT2D eigenvalue weighted by Gasteiger charge is -2.30. The number of ether oxygens (including phenoxy) is 2. The zero-order chi connectivity index (χ0) is 13.5. The highest BCUT2D eigenvalue weighted by Crippen LogP contribution is 2.29. The number of rotatable bonds is 6. The van der Waals surface area contributed by atoms with Gasteiger partial charge in [0.15, 0.2) is 0 Å². The van der Waals surface area contributed by atoms with E-state index in [-0.39, 0.29) is 6.10 Å². The van der Waals surface area contributed by atoms with Gasteiger partial charge in [-0.05, 0) is 43.5 Å². The first-order valence-corrected chi connectivity index (χ1v) is 7.41. The first kappa shape index (κ1) is 14.4. The molecular formula is C16H25NO2. The van der Waals surface area contributed by atoms with Crippen LogP contribution in [0.15, 0.2) is 24.3 Å². The van der Waals surface area contributed by atoms with Crippen LogP contribution in [0.2, 0.25) is 0 Å². The van der Waals surface area contributed by atoms with E-state index in [4.69, 9.17) is 9.47 Å². The minimum Gasteiger partial charge on any atom is -0.494 e. The van der Waals surface area contributed by atoms with Gasteiger partial charge < -0.3 is 14.8 Å². The van der Waals surface area contributed by atoms with Crippen LogP contribution in [0, 0.1) is 0 Å². The van der Waals surface area contributed by atoms with E-state index in [0.717, 1.165) is 44.8 Å². The molecule has 1 N–H and O–H groups in total. The van der Waals surface area contributed by atoms with Gasteiger partial charge in [0, 0.05) is 12.6 Å². The Kier molecular flexibility index (Phi) is 5.67. The maximum atomic E-state index is 5.88. The number of hydrogen-bond acceptors (Lipinski definition) is 3. The summed E-state index contributed by atoms with van der Waals surface area (Å²) in [6, 6.07) is 8.93. The van der Waals surface area contributed by atoms with Crippen molar-refractivity contribution in [2.24, 2.45) is 0 Å². The molecule has 0 saturated carbocycles. The number of benzene rings is 1. The highest BCUT2D eigenvalue weighted by molar-refractivity contribution is 5.29. The largest absolute Gasteiger partial charge is 0.494 e. The maximum Gasteiger partial charge on any atom is 0.119 e. The van der Waals surface area contributed by atoms with Crippen molar-refractivity contribution >= 4 is 0 Å². The van der Waals surface area contributed by atoms with E-state index in [9.17, 15) is 0 Å². The van der Waals surface area contributed by atoms with Crippen LogP contribution < -0.4 is 10.1 Å². The van der Waals surface area contributed by atoms with Gasteiger partial charge in [-0.2, -0.15) is 0 Å². The molecule has 1 heterocycles. The smallest absolute Gasteiger partial charge is 0.119 e. The summed E-state index contributed by atoms with van der Waals surface area (Å²) in [4.78, 5) is 0. The van der Waals surface area contributed by atoms with Crippen LogP contribution >= 0.6 is 0 Å². The second kappa shape index (κ2) is 7.51. The van der Waals surface area contributed by atoms with Gasteiger partial charge in [0.1, 0.15) is 5.75 Å². The predicted molar refractivity (Wildman–Crippen MR) is 77.6 cm³/mol. The molecule has 106 valence electrons. The Hall–Kier alpha value is -1.06. The molecule has 0 bridgehead atoms. The van der Waals surface area contributed by atoms with Crippen molar-refractivity contribution in [1.82, 2.24) is 5.32 Å². The molecule has 0 amide bonds. The van der Waals surface area contributed by atoms with Crippen LogP contribution in [0.4, 0.5) is 0 Å². The maximum absolute atomic E-state index is 5.88. The standard InChI is InChI=1S/C16H25NO2/c1-3-10-18-15-7-5-13(6-8-15)16-12-14(17-4-2)9-11-19-16/h5-8,14,16-17H,3-4,9-12H2,1-2H3. The minimum atomic E-state index is 0.220. The van der Waals surface area contributed by atoms with Gasteiger partial charge in [-0.3, -0.25) is 0 Å². The first-order valence-electron chi connectivity index (χ1n) is 7.41. The monoisotopic (exact) mass is 263 g/mol. The average molecular weight is 263 g/mol. The molecule has 3 heteroatoms. The lowest BCUT2D eigenvalue weighted by molar-refractivity contribution is 0.000572. The predicted octanol–water partition coefficient (Wildman–Crippen LogP) is 3.31. The third-order valence-corrected chi connectivity index (χ3v) is 3.50. The summed E-state index contributed by atoms with van der Waals surface area (Å²) in [6.45, 7) is 6.93. The summed E-state index contributed by atoms with van der Waals surface area (Å²) < 4.78 is 11.5. The van der Waals surface area contributed by atoms with E-state index < -0.39 is 0 Å². The Labute approximate surface area is 116 Å². The fourth-order valence-corrected chi connectivity index (χ4v) is 2.50. The van der Waals surface area contributed by atoms with Crippen LogP contribution in [-0.2, 0) is 4.74 Å². The second-order valence-electron chi connectivity index (χ2n) is 5.06. The van der Waals surface area contributed by atoms with E-state index in [1.54, 1.807) is 0 Å². The molecule has 0 radical (unpaired) electrons. The summed E-state index contributed by atoms with van der Waals surface area (Å²) in [7, 11) is 0. The van der Waals surface area contributed by atoms with Crippen LogP contribution in [0.1, 0.15) is 44.8 Å². The molecule has 1 aliphatic rings. The van der Waals surface area contributed by atoms with Crippen LogP contribution in [0.25, 0.3) is 0 Å². The average Bonchev–Trinajstić information content (AvgIpc) is 2.46. The summed E-state index contributed by atoms with van der Waals surface area (Å²) in [6.07, 6.45) is 3.43. The second-order valence-corrected chi connectivity index (χ2v) is 5.06. The van der Waals surface area contributed by atoms with Crippen molar-refractivity contribution in [3.63, 3.8) is 0 Å². The van der Waals surface area contributed by atoms with Crippen molar-refractivity contribution in [2.45, 2.75) is 45.3 Å². The third kappa shape index (κ3) is 4.22. The Bertz CT molecular complexity index is 362. The van der Waals surface area contributed by atoms with E-state index in [1.165, 1.54) is 5.56 Å². The SMILES string of the molecule is CCCOc1ccc(C2CC(NCC)CCO2)cc1. The topological polar surface area (TPSA) is 30.5 Å². The van der Waals surface area contributed by atoms with Gasteiger partial charge in [0.05, 0.1) is 12.7 Å². The molecule has 0 spiro atoms. The molecule has 2 unspecified atom stereocenters. The van der Waals surface area contributed by atoms with Crippen molar-refractivity contribution in [1.29, 1.82) is 0 Å². The van der Waals surface area contributed by atoms with Crippen molar-refractivity contribution in [2.75, 3.05) is 19.8 Å². The molecule has 2 atom stereocenters. The molecular weight excluding hydrogens is 238 g/mol. The van der Waals surface area contributed by atoms with Gasteiger partial charge in [0.2, 0.25) is 0 Å². The van der Waals surface area contributed by atoms with Crippen molar-refractivity contribution in [3.8, 4) is 5.75 Å². The lowest BCUT2D eigenvalue weighted by atomic mass is 9.97. The Morgan fingerprint density at radius 2 is 2.05 bits per heavy atom. The molecule has 0 aromatic heterocycles. The zero-order valence-electron chi connectivity index (χ0n) is 12.0. The van der Waals surface area contributed by atoms with Gasteiger partial charge in [-0.15, -0.1) is 0 Å². The zero-order valence-corrected chi connectivity index (χ0v) is 12.0. The highest BCUT2D eigenvalue weighted by Gasteiger charge is 2.23. The molecule has 1 saturated heterocycles. The lowest BCUT2D eigenvalue weighted by Crippen LogP contribution is -2.35. The normalized spacial score (nSPS) is 23.3. The molecule has 1 aromatic rings. The summed E-state index contributed by atoms with van der Waals surface area (Å²) in [5, 5.41) is 3.52. The Morgan fingerprint density at radius 3 is 2.74 bits per heavy atom. The highest BCUT2D eigenvalue weighted by atomic mass is 16.5. The van der Waals surface area contributed by atoms with Crippen LogP contribution in [0.5, 0.6) is 5.75 Å². The summed E-state index contributed by atoms with van der Waals surface area (Å²) >= 11 is 0. The quantitative estimate of drug-likeness (QED) is 0.854. The van der Waals surface area contributed by atoms with E-state index in [0.29, 0.717) is 6.04 Å². The fourth-order valence-electron chi connectivity index (χ4n) is 2.50. The summed E-state index contributed by atoms with van der Waals surface area (Å²) in [5.41, 5.74) is 1.26. The van der Waals surface area contributed by atoms with E-state index in [2.05, 4.69) is 31.3 Å². The van der Waals surface area contributed by atoms with E-state index >= 15 is 0 Å². The van der Waals surface area contributed by atoms with Crippen LogP contribution in [-0.4, -0.2) is 25.8 Å². The number of nitrogens with one attached hydrogen (secondary N) is 1. The Balaban J connectivity index is 1.93. The molecule has 2 rings (SSSR count). The Morgan fingerprint density at radius 1 is 1.26 bits per heavy atom. The van der Waals surface area contributed by atoms with Crippen molar-refractivity contribution in [3.05, 3.63) is 29.8 Å². The third-order valence-electron chi connectivity index (χ3n) is 3.50. The van der Waals surface area contributed by atoms with Gasteiger partial charge in [-0.25, -0.2) is 0 Å². The minimum absolute atomic E-state index is 0.220. The van der Waals surface area contributed by atoms with E-state index in [1.807, 2.05) is 12.1 Å². The number of hydrogen-bond donors (Lipinski definition) is 1. The molecule has 1 aromatic carbocycles. The fraction of sp³-hybridized carbons (Fsp3) is 0.625. The van der Waals surface area contributed by atoms with Crippen molar-refractivity contribution < 1.29 is 9.47 Å². The molecule has 0 aliphatic carbocycles. The van der Waals surface area contributed by atoms with Crippen LogP contribution in [0.3, 0.4) is 0 Å². The van der Waals surface area contributed by atoms with Gasteiger partial charge in [0.25, 0.3) is 0 Å². The molecule has 1 aliphatic heterocycles.